The van der Waals surface area contributed by atoms with E-state index in [1.54, 1.807) is 12.1 Å². The standard InChI is InChI=1S/C32H33N3O2/c1-19-28-32(35(28)17-20-3-4-20)16-25-10-9-24(15-27(25)31(19,2)18-32)30(37)34-26-13-11-22(12-14-26)21-5-7-23(8-6-21)29(33)36/h5-15,19-20,28H,3-4,16-18H2,1-2H3,(H2,33,36)(H,34,37)/t19-,28?,31-,32?,35?/m0/s1. The van der Waals surface area contributed by atoms with Crippen molar-refractivity contribution < 1.29 is 9.59 Å². The van der Waals surface area contributed by atoms with Crippen molar-refractivity contribution in [3.63, 3.8) is 0 Å². The molecule has 2 saturated carbocycles. The zero-order valence-electron chi connectivity index (χ0n) is 21.5. The topological polar surface area (TPSA) is 75.2 Å². The lowest BCUT2D eigenvalue weighted by Crippen LogP contribution is -2.40. The van der Waals surface area contributed by atoms with E-state index in [1.165, 1.54) is 36.9 Å². The van der Waals surface area contributed by atoms with Gasteiger partial charge in [-0.15, -0.1) is 0 Å². The lowest BCUT2D eigenvalue weighted by atomic mass is 9.67. The van der Waals surface area contributed by atoms with Crippen LogP contribution in [0.4, 0.5) is 5.69 Å². The third-order valence-electron chi connectivity index (χ3n) is 9.82. The van der Waals surface area contributed by atoms with Crippen molar-refractivity contribution in [1.29, 1.82) is 0 Å². The van der Waals surface area contributed by atoms with Crippen LogP contribution in [0.2, 0.25) is 0 Å². The van der Waals surface area contributed by atoms with Gasteiger partial charge in [0.2, 0.25) is 5.91 Å². The second kappa shape index (κ2) is 7.78. The first-order valence-electron chi connectivity index (χ1n) is 13.5. The number of fused-ring (bicyclic) bond motifs is 3. The molecule has 1 spiro atoms. The number of nitrogens with one attached hydrogen (secondary N) is 1. The number of rotatable bonds is 6. The average molecular weight is 492 g/mol. The van der Waals surface area contributed by atoms with Gasteiger partial charge >= 0.3 is 0 Å². The minimum atomic E-state index is -0.435. The Balaban J connectivity index is 1.08. The predicted molar refractivity (Wildman–Crippen MR) is 146 cm³/mol. The Morgan fingerprint density at radius 3 is 2.27 bits per heavy atom. The van der Waals surface area contributed by atoms with Crippen LogP contribution in [-0.4, -0.2) is 34.8 Å². The normalized spacial score (nSPS) is 30.8. The minimum absolute atomic E-state index is 0.0728. The number of hydrogen-bond donors (Lipinski definition) is 2. The van der Waals surface area contributed by atoms with Crippen LogP contribution in [0.15, 0.2) is 66.7 Å². The van der Waals surface area contributed by atoms with E-state index in [9.17, 15) is 9.59 Å². The van der Waals surface area contributed by atoms with Gasteiger partial charge in [-0.2, -0.15) is 0 Å². The van der Waals surface area contributed by atoms with E-state index in [1.807, 2.05) is 42.5 Å². The number of primary amides is 1. The number of carbonyl (C=O) groups is 2. The minimum Gasteiger partial charge on any atom is -0.366 e. The van der Waals surface area contributed by atoms with Crippen LogP contribution >= 0.6 is 0 Å². The van der Waals surface area contributed by atoms with E-state index in [0.29, 0.717) is 23.1 Å². The molecule has 2 bridgehead atoms. The van der Waals surface area contributed by atoms with Gasteiger partial charge < -0.3 is 11.1 Å². The molecule has 7 rings (SSSR count). The van der Waals surface area contributed by atoms with Crippen molar-refractivity contribution in [2.75, 3.05) is 11.9 Å². The highest BCUT2D eigenvalue weighted by Crippen LogP contribution is 2.68. The smallest absolute Gasteiger partial charge is 0.255 e. The quantitative estimate of drug-likeness (QED) is 0.454. The van der Waals surface area contributed by atoms with Gasteiger partial charge in [0.15, 0.2) is 0 Å². The highest BCUT2D eigenvalue weighted by atomic mass is 16.2. The average Bonchev–Trinajstić information content (AvgIpc) is 3.80. The molecule has 1 saturated heterocycles. The molecule has 188 valence electrons. The lowest BCUT2D eigenvalue weighted by Gasteiger charge is -2.41. The SMILES string of the molecule is C[C@H]1C2N(CC3CC3)C23Cc2ccc(C(=O)Nc4ccc(-c5ccc(C(N)=O)cc5)cc4)cc2[C@@]1(C)C3. The lowest BCUT2D eigenvalue weighted by molar-refractivity contribution is 0.0997. The molecule has 3 aliphatic carbocycles. The fourth-order valence-electron chi connectivity index (χ4n) is 7.54. The largest absolute Gasteiger partial charge is 0.366 e. The molecule has 3 aromatic rings. The number of carbonyl (C=O) groups excluding carboxylic acids is 2. The van der Waals surface area contributed by atoms with E-state index < -0.39 is 5.91 Å². The van der Waals surface area contributed by atoms with Crippen molar-refractivity contribution in [3.05, 3.63) is 89.0 Å². The van der Waals surface area contributed by atoms with Crippen LogP contribution < -0.4 is 11.1 Å². The second-order valence-electron chi connectivity index (χ2n) is 12.0. The molecule has 1 aliphatic heterocycles. The maximum Gasteiger partial charge on any atom is 0.255 e. The summed E-state index contributed by atoms with van der Waals surface area (Å²) in [6.45, 7) is 6.15. The Kier molecular flexibility index (Phi) is 4.78. The zero-order valence-corrected chi connectivity index (χ0v) is 21.5. The molecule has 0 aromatic heterocycles. The van der Waals surface area contributed by atoms with Gasteiger partial charge in [0.1, 0.15) is 0 Å². The van der Waals surface area contributed by atoms with Crippen molar-refractivity contribution in [3.8, 4) is 11.1 Å². The predicted octanol–water partition coefficient (Wildman–Crippen LogP) is 5.39. The van der Waals surface area contributed by atoms with Crippen LogP contribution in [0.3, 0.4) is 0 Å². The van der Waals surface area contributed by atoms with Crippen molar-refractivity contribution in [2.45, 2.75) is 56.5 Å². The summed E-state index contributed by atoms with van der Waals surface area (Å²) in [7, 11) is 0. The molecule has 1 heterocycles. The van der Waals surface area contributed by atoms with Gasteiger partial charge in [0.05, 0.1) is 0 Å². The van der Waals surface area contributed by atoms with Crippen LogP contribution in [0, 0.1) is 11.8 Å². The molecular weight excluding hydrogens is 458 g/mol. The summed E-state index contributed by atoms with van der Waals surface area (Å²) in [5.74, 6) is 1.03. The summed E-state index contributed by atoms with van der Waals surface area (Å²) in [6, 6.07) is 22.1. The molecule has 2 amide bonds. The van der Waals surface area contributed by atoms with Gasteiger partial charge in [-0.3, -0.25) is 14.5 Å². The van der Waals surface area contributed by atoms with Crippen molar-refractivity contribution in [1.82, 2.24) is 4.90 Å². The molecule has 37 heavy (non-hydrogen) atoms. The van der Waals surface area contributed by atoms with Gasteiger partial charge in [-0.1, -0.05) is 44.2 Å². The van der Waals surface area contributed by atoms with E-state index in [-0.39, 0.29) is 11.3 Å². The summed E-state index contributed by atoms with van der Waals surface area (Å²) >= 11 is 0. The Morgan fingerprint density at radius 1 is 0.973 bits per heavy atom. The van der Waals surface area contributed by atoms with Gasteiger partial charge in [0, 0.05) is 34.9 Å². The summed E-state index contributed by atoms with van der Waals surface area (Å²) in [5, 5.41) is 3.08. The first-order valence-corrected chi connectivity index (χ1v) is 13.5. The van der Waals surface area contributed by atoms with Crippen LogP contribution in [0.25, 0.3) is 11.1 Å². The Labute approximate surface area is 218 Å². The summed E-state index contributed by atoms with van der Waals surface area (Å²) < 4.78 is 0. The van der Waals surface area contributed by atoms with E-state index in [4.69, 9.17) is 5.73 Å². The number of anilines is 1. The second-order valence-corrected chi connectivity index (χ2v) is 12.0. The molecule has 4 aliphatic rings. The Hall–Kier alpha value is -3.44. The van der Waals surface area contributed by atoms with E-state index in [2.05, 4.69) is 36.2 Å². The fraction of sp³-hybridized carbons (Fsp3) is 0.375. The summed E-state index contributed by atoms with van der Waals surface area (Å²) in [6.07, 6.45) is 5.17. The molecule has 5 heteroatoms. The molecular formula is C32H33N3O2. The molecule has 5 atom stereocenters. The third-order valence-corrected chi connectivity index (χ3v) is 9.82. The molecule has 3 unspecified atom stereocenters. The number of piperidine rings is 1. The maximum absolute atomic E-state index is 13.2. The number of benzene rings is 3. The molecule has 3 fully saturated rings. The highest BCUT2D eigenvalue weighted by molar-refractivity contribution is 6.04. The van der Waals surface area contributed by atoms with Crippen LogP contribution in [0.1, 0.15) is 65.0 Å². The van der Waals surface area contributed by atoms with Gasteiger partial charge in [-0.25, -0.2) is 0 Å². The monoisotopic (exact) mass is 491 g/mol. The Bertz CT molecular complexity index is 1430. The maximum atomic E-state index is 13.2. The first kappa shape index (κ1) is 22.7. The first-order chi connectivity index (χ1) is 17.8. The van der Waals surface area contributed by atoms with Crippen molar-refractivity contribution in [2.24, 2.45) is 17.6 Å². The molecule has 0 radical (unpaired) electrons. The zero-order chi connectivity index (χ0) is 25.5. The number of hydrogen-bond acceptors (Lipinski definition) is 3. The van der Waals surface area contributed by atoms with Crippen molar-refractivity contribution >= 4 is 17.5 Å². The third kappa shape index (κ3) is 3.47. The van der Waals surface area contributed by atoms with Crippen LogP contribution in [0.5, 0.6) is 0 Å². The fourth-order valence-corrected chi connectivity index (χ4v) is 7.54. The number of amides is 2. The number of likely N-dealkylation sites (tertiary alicyclic amines) is 1. The molecule has 5 nitrogen and oxygen atoms in total. The highest BCUT2D eigenvalue weighted by Gasteiger charge is 2.75. The summed E-state index contributed by atoms with van der Waals surface area (Å²) in [5.41, 5.74) is 12.6. The number of nitrogens with two attached hydrogens (primary N) is 1. The Morgan fingerprint density at radius 2 is 1.62 bits per heavy atom. The molecule has 3 N–H and O–H groups in total. The molecule has 3 aromatic carbocycles. The van der Waals surface area contributed by atoms with E-state index >= 15 is 0 Å². The van der Waals surface area contributed by atoms with Crippen LogP contribution in [-0.2, 0) is 11.8 Å². The van der Waals surface area contributed by atoms with Gasteiger partial charge in [-0.05, 0) is 102 Å². The van der Waals surface area contributed by atoms with Gasteiger partial charge in [0.25, 0.3) is 5.91 Å². The number of nitrogens with zero attached hydrogens (tertiary/aromatic N) is 1. The van der Waals surface area contributed by atoms with E-state index in [0.717, 1.165) is 34.7 Å². The summed E-state index contributed by atoms with van der Waals surface area (Å²) in [4.78, 5) is 27.4.